The van der Waals surface area contributed by atoms with Crippen molar-refractivity contribution in [3.05, 3.63) is 21.8 Å². The van der Waals surface area contributed by atoms with Gasteiger partial charge in [-0.1, -0.05) is 11.6 Å². The van der Waals surface area contributed by atoms with Gasteiger partial charge in [0.25, 0.3) is 0 Å². The molecule has 1 N–H and O–H groups in total. The molecule has 1 amide bonds. The van der Waals surface area contributed by atoms with Crippen LogP contribution in [-0.2, 0) is 4.74 Å². The van der Waals surface area contributed by atoms with E-state index in [0.717, 1.165) is 0 Å². The predicted molar refractivity (Wildman–Crippen MR) is 66.8 cm³/mol. The lowest BCUT2D eigenvalue weighted by molar-refractivity contribution is 0.0635. The third-order valence-corrected chi connectivity index (χ3v) is 2.62. The smallest absolute Gasteiger partial charge is 0.413 e. The van der Waals surface area contributed by atoms with Crippen molar-refractivity contribution >= 4 is 39.4 Å². The number of hydrogen-bond donors (Lipinski definition) is 1. The molecule has 1 rings (SSSR count). The van der Waals surface area contributed by atoms with Crippen molar-refractivity contribution in [3.63, 3.8) is 0 Å². The minimum atomic E-state index is -0.547. The summed E-state index contributed by atoms with van der Waals surface area (Å²) in [4.78, 5) is 15.3. The van der Waals surface area contributed by atoms with Crippen molar-refractivity contribution in [2.75, 3.05) is 5.32 Å². The summed E-state index contributed by atoms with van der Waals surface area (Å²) in [6, 6.07) is 1.60. The number of anilines is 1. The van der Waals surface area contributed by atoms with Gasteiger partial charge < -0.3 is 4.74 Å². The van der Waals surface area contributed by atoms with Gasteiger partial charge in [-0.3, -0.25) is 5.32 Å². The molecule has 16 heavy (non-hydrogen) atoms. The molecule has 0 bridgehead atoms. The zero-order valence-electron chi connectivity index (χ0n) is 9.17. The molecular formula is C10H12BrClN2O2. The number of carbonyl (C=O) groups excluding carboxylic acids is 1. The number of pyridine rings is 1. The molecule has 0 saturated heterocycles. The Balaban J connectivity index is 2.67. The molecule has 0 aliphatic carbocycles. The topological polar surface area (TPSA) is 51.2 Å². The van der Waals surface area contributed by atoms with E-state index in [1.807, 2.05) is 0 Å². The first-order valence-electron chi connectivity index (χ1n) is 4.59. The highest BCUT2D eigenvalue weighted by atomic mass is 79.9. The van der Waals surface area contributed by atoms with Crippen LogP contribution in [0.25, 0.3) is 0 Å². The second-order valence-electron chi connectivity index (χ2n) is 4.11. The highest BCUT2D eigenvalue weighted by Gasteiger charge is 2.16. The van der Waals surface area contributed by atoms with E-state index in [0.29, 0.717) is 15.3 Å². The van der Waals surface area contributed by atoms with Gasteiger partial charge >= 0.3 is 6.09 Å². The van der Waals surface area contributed by atoms with Gasteiger partial charge in [-0.05, 0) is 42.8 Å². The summed E-state index contributed by atoms with van der Waals surface area (Å²) in [5.41, 5.74) is -0.534. The minimum absolute atomic E-state index is 0.380. The van der Waals surface area contributed by atoms with Gasteiger partial charge in [0.05, 0.1) is 5.02 Å². The van der Waals surface area contributed by atoms with Crippen LogP contribution in [0, 0.1) is 0 Å². The van der Waals surface area contributed by atoms with E-state index in [4.69, 9.17) is 16.3 Å². The van der Waals surface area contributed by atoms with E-state index < -0.39 is 11.7 Å². The normalized spacial score (nSPS) is 11.1. The van der Waals surface area contributed by atoms with Crippen LogP contribution in [0.4, 0.5) is 10.6 Å². The summed E-state index contributed by atoms with van der Waals surface area (Å²) in [6.07, 6.45) is 0.896. The Morgan fingerprint density at radius 3 is 2.69 bits per heavy atom. The summed E-state index contributed by atoms with van der Waals surface area (Å²) in [5.74, 6) is 0.380. The number of ether oxygens (including phenoxy) is 1. The van der Waals surface area contributed by atoms with Crippen LogP contribution in [0.3, 0.4) is 0 Å². The fraction of sp³-hybridized carbons (Fsp3) is 0.400. The summed E-state index contributed by atoms with van der Waals surface area (Å²) < 4.78 is 5.74. The van der Waals surface area contributed by atoms with Gasteiger partial charge in [-0.2, -0.15) is 0 Å². The average molecular weight is 308 g/mol. The molecule has 0 aromatic carbocycles. The van der Waals surface area contributed by atoms with Gasteiger partial charge in [0.15, 0.2) is 0 Å². The molecule has 6 heteroatoms. The highest BCUT2D eigenvalue weighted by molar-refractivity contribution is 9.10. The van der Waals surface area contributed by atoms with Crippen molar-refractivity contribution in [2.45, 2.75) is 26.4 Å². The molecule has 88 valence electrons. The van der Waals surface area contributed by atoms with Gasteiger partial charge in [0.2, 0.25) is 0 Å². The maximum absolute atomic E-state index is 11.4. The number of nitrogens with zero attached hydrogens (tertiary/aromatic N) is 1. The van der Waals surface area contributed by atoms with E-state index in [-0.39, 0.29) is 0 Å². The average Bonchev–Trinajstić information content (AvgIpc) is 2.08. The summed E-state index contributed by atoms with van der Waals surface area (Å²) in [7, 11) is 0. The number of nitrogens with one attached hydrogen (secondary N) is 1. The van der Waals surface area contributed by atoms with E-state index in [2.05, 4.69) is 26.2 Å². The zero-order chi connectivity index (χ0) is 12.3. The molecule has 0 saturated carbocycles. The van der Waals surface area contributed by atoms with Crippen LogP contribution >= 0.6 is 27.5 Å². The lowest BCUT2D eigenvalue weighted by Crippen LogP contribution is -2.27. The van der Waals surface area contributed by atoms with Crippen LogP contribution in [0.5, 0.6) is 0 Å². The predicted octanol–water partition coefficient (Wildman–Crippen LogP) is 3.84. The minimum Gasteiger partial charge on any atom is -0.444 e. The summed E-state index contributed by atoms with van der Waals surface area (Å²) in [6.45, 7) is 5.37. The largest absolute Gasteiger partial charge is 0.444 e. The SMILES string of the molecule is CC(C)(C)OC(=O)Nc1cc(Br)c(Cl)cn1. The van der Waals surface area contributed by atoms with E-state index >= 15 is 0 Å². The van der Waals surface area contributed by atoms with Crippen LogP contribution in [0.1, 0.15) is 20.8 Å². The molecule has 1 aromatic rings. The van der Waals surface area contributed by atoms with Crippen LogP contribution in [0.15, 0.2) is 16.7 Å². The molecule has 0 fully saturated rings. The molecule has 0 spiro atoms. The number of aromatic nitrogens is 1. The van der Waals surface area contributed by atoms with E-state index in [9.17, 15) is 4.79 Å². The van der Waals surface area contributed by atoms with E-state index in [1.54, 1.807) is 26.8 Å². The third kappa shape index (κ3) is 4.37. The Morgan fingerprint density at radius 2 is 2.19 bits per heavy atom. The Morgan fingerprint density at radius 1 is 1.56 bits per heavy atom. The third-order valence-electron chi connectivity index (χ3n) is 1.44. The maximum atomic E-state index is 11.4. The molecule has 0 atom stereocenters. The van der Waals surface area contributed by atoms with Crippen molar-refractivity contribution in [1.82, 2.24) is 4.98 Å². The second kappa shape index (κ2) is 5.01. The molecule has 0 unspecified atom stereocenters. The van der Waals surface area contributed by atoms with Crippen molar-refractivity contribution in [1.29, 1.82) is 0 Å². The second-order valence-corrected chi connectivity index (χ2v) is 5.37. The molecule has 0 radical (unpaired) electrons. The van der Waals surface area contributed by atoms with Gasteiger partial charge in [0.1, 0.15) is 11.4 Å². The Hall–Kier alpha value is -0.810. The van der Waals surface area contributed by atoms with Gasteiger partial charge in [-0.15, -0.1) is 0 Å². The van der Waals surface area contributed by atoms with Crippen LogP contribution in [-0.4, -0.2) is 16.7 Å². The van der Waals surface area contributed by atoms with Gasteiger partial charge in [0, 0.05) is 10.7 Å². The maximum Gasteiger partial charge on any atom is 0.413 e. The molecule has 1 heterocycles. The zero-order valence-corrected chi connectivity index (χ0v) is 11.5. The first-order chi connectivity index (χ1) is 7.28. The number of hydrogen-bond acceptors (Lipinski definition) is 3. The van der Waals surface area contributed by atoms with Crippen molar-refractivity contribution < 1.29 is 9.53 Å². The van der Waals surface area contributed by atoms with Crippen LogP contribution in [0.2, 0.25) is 5.02 Å². The molecule has 0 aliphatic heterocycles. The van der Waals surface area contributed by atoms with E-state index in [1.165, 1.54) is 6.20 Å². The highest BCUT2D eigenvalue weighted by Crippen LogP contribution is 2.23. The number of amides is 1. The van der Waals surface area contributed by atoms with Crippen LogP contribution < -0.4 is 5.32 Å². The first kappa shape index (κ1) is 13.3. The Kier molecular flexibility index (Phi) is 4.15. The van der Waals surface area contributed by atoms with Crippen molar-refractivity contribution in [2.24, 2.45) is 0 Å². The molecular weight excluding hydrogens is 295 g/mol. The number of halogens is 2. The van der Waals surface area contributed by atoms with Crippen molar-refractivity contribution in [3.8, 4) is 0 Å². The summed E-state index contributed by atoms with van der Waals surface area (Å²) in [5, 5.41) is 2.99. The molecule has 0 aliphatic rings. The fourth-order valence-electron chi connectivity index (χ4n) is 0.891. The Labute approximate surface area is 107 Å². The monoisotopic (exact) mass is 306 g/mol. The standard InChI is InChI=1S/C10H12BrClN2O2/c1-10(2,3)16-9(15)14-8-4-6(11)7(12)5-13-8/h4-5H,1-3H3,(H,13,14,15). The molecule has 4 nitrogen and oxygen atoms in total. The summed E-state index contributed by atoms with van der Waals surface area (Å²) >= 11 is 9.00. The first-order valence-corrected chi connectivity index (χ1v) is 5.76. The lowest BCUT2D eigenvalue weighted by atomic mass is 10.2. The number of rotatable bonds is 1. The lowest BCUT2D eigenvalue weighted by Gasteiger charge is -2.19. The molecule has 1 aromatic heterocycles. The quantitative estimate of drug-likeness (QED) is 0.857. The number of carbonyl (C=O) groups is 1. The Bertz CT molecular complexity index is 404. The van der Waals surface area contributed by atoms with Gasteiger partial charge in [-0.25, -0.2) is 9.78 Å². The fourth-order valence-corrected chi connectivity index (χ4v) is 1.31.